The molecule has 1 fully saturated rings. The number of carbonyl (C=O) groups is 1. The summed E-state index contributed by atoms with van der Waals surface area (Å²) >= 11 is 0. The van der Waals surface area contributed by atoms with Crippen molar-refractivity contribution >= 4 is 27.7 Å². The van der Waals surface area contributed by atoms with Gasteiger partial charge in [0.25, 0.3) is 15.9 Å². The average Bonchev–Trinajstić information content (AvgIpc) is 3.10. The first kappa shape index (κ1) is 37.2. The molecule has 0 unspecified atom stereocenters. The van der Waals surface area contributed by atoms with E-state index in [0.29, 0.717) is 35.2 Å². The summed E-state index contributed by atoms with van der Waals surface area (Å²) in [4.78, 5) is 36.8. The Morgan fingerprint density at radius 2 is 1.73 bits per heavy atom. The molecule has 2 aromatic carbocycles. The molecule has 4 aromatic rings. The Bertz CT molecular complexity index is 2040. The van der Waals surface area contributed by atoms with Crippen molar-refractivity contribution in [3.8, 4) is 17.1 Å². The minimum Gasteiger partial charge on any atom is -0.475 e. The standard InChI is InChI=1S/C40H51N7O4S/c1-26-13-11-16-29(21-28-14-9-8-10-15-28)35(26)36-27(2)37-44-39(43-36)45-52(49,50)32-18-12-17-30(22-32)38(48)47(31(25-51-37)23-40(3,4)5)24-33-41-20-19-34(42-33)46(6)7/h11-13,16-20,22,28,31H,8-10,14-15,21,23-25H2,1-7H3,(H,43,44,45)/t31-/m1/s1. The van der Waals surface area contributed by atoms with E-state index < -0.39 is 16.1 Å². The first-order valence-corrected chi connectivity index (χ1v) is 19.7. The summed E-state index contributed by atoms with van der Waals surface area (Å²) in [5.41, 5.74) is 4.55. The predicted molar refractivity (Wildman–Crippen MR) is 204 cm³/mol. The number of aryl methyl sites for hydroxylation is 1. The molecule has 6 rings (SSSR count). The van der Waals surface area contributed by atoms with Gasteiger partial charge in [0.1, 0.15) is 18.2 Å². The molecule has 0 spiro atoms. The lowest BCUT2D eigenvalue weighted by Gasteiger charge is -2.35. The summed E-state index contributed by atoms with van der Waals surface area (Å²) < 4.78 is 37.1. The highest BCUT2D eigenvalue weighted by Crippen LogP contribution is 2.37. The van der Waals surface area contributed by atoms with E-state index in [2.05, 4.69) is 60.6 Å². The summed E-state index contributed by atoms with van der Waals surface area (Å²) in [5.74, 6) is 1.58. The van der Waals surface area contributed by atoms with E-state index in [4.69, 9.17) is 14.7 Å². The molecule has 0 saturated heterocycles. The lowest BCUT2D eigenvalue weighted by Crippen LogP contribution is -2.45. The third-order valence-electron chi connectivity index (χ3n) is 9.97. The van der Waals surface area contributed by atoms with Gasteiger partial charge < -0.3 is 14.5 Å². The highest BCUT2D eigenvalue weighted by Gasteiger charge is 2.33. The maximum absolute atomic E-state index is 14.5. The van der Waals surface area contributed by atoms with Gasteiger partial charge in [-0.05, 0) is 73.4 Å². The van der Waals surface area contributed by atoms with Crippen LogP contribution >= 0.6 is 0 Å². The minimum absolute atomic E-state index is 0.0714. The van der Waals surface area contributed by atoms with Gasteiger partial charge in [-0.1, -0.05) is 77.1 Å². The normalized spacial score (nSPS) is 18.0. The van der Waals surface area contributed by atoms with E-state index in [1.165, 1.54) is 49.8 Å². The van der Waals surface area contributed by atoms with E-state index in [-0.39, 0.29) is 46.8 Å². The number of benzene rings is 2. The number of anilines is 2. The van der Waals surface area contributed by atoms with E-state index in [1.807, 2.05) is 32.0 Å². The van der Waals surface area contributed by atoms with Gasteiger partial charge in [-0.3, -0.25) is 4.79 Å². The zero-order valence-corrected chi connectivity index (χ0v) is 32.3. The fourth-order valence-corrected chi connectivity index (χ4v) is 8.37. The largest absolute Gasteiger partial charge is 0.475 e. The number of aromatic nitrogens is 4. The molecule has 1 atom stereocenters. The molecular formula is C40H51N7O4S. The lowest BCUT2D eigenvalue weighted by atomic mass is 9.82. The monoisotopic (exact) mass is 725 g/mol. The van der Waals surface area contributed by atoms with Gasteiger partial charge in [0.2, 0.25) is 11.8 Å². The molecule has 1 saturated carbocycles. The molecule has 1 aliphatic carbocycles. The minimum atomic E-state index is -4.20. The number of sulfonamides is 1. The predicted octanol–water partition coefficient (Wildman–Crippen LogP) is 7.38. The van der Waals surface area contributed by atoms with Crippen LogP contribution in [0.15, 0.2) is 59.6 Å². The SMILES string of the molecule is Cc1cccc(CC2CCCCC2)c1-c1nc2nc(c1C)OC[C@@H](CC(C)(C)C)N(Cc1nccc(N(C)C)n1)C(=O)c1cccc(c1)S(=O)(=O)N2. The summed E-state index contributed by atoms with van der Waals surface area (Å²) in [5, 5.41) is 0. The van der Waals surface area contributed by atoms with Crippen LogP contribution in [0.5, 0.6) is 5.88 Å². The van der Waals surface area contributed by atoms with Crippen molar-refractivity contribution in [3.63, 3.8) is 0 Å². The van der Waals surface area contributed by atoms with E-state index in [9.17, 15) is 13.2 Å². The number of amides is 1. The van der Waals surface area contributed by atoms with E-state index >= 15 is 0 Å². The Kier molecular flexibility index (Phi) is 10.9. The molecule has 2 aliphatic rings. The molecule has 276 valence electrons. The number of ether oxygens (including phenoxy) is 1. The number of rotatable bonds is 7. The second kappa shape index (κ2) is 15.2. The van der Waals surface area contributed by atoms with Crippen LogP contribution in [-0.2, 0) is 23.0 Å². The van der Waals surface area contributed by atoms with Crippen LogP contribution in [0.4, 0.5) is 11.8 Å². The van der Waals surface area contributed by atoms with Crippen LogP contribution in [0, 0.1) is 25.2 Å². The number of hydrogen-bond acceptors (Lipinski definition) is 9. The van der Waals surface area contributed by atoms with Crippen LogP contribution in [0.1, 0.15) is 92.2 Å². The number of nitrogens with one attached hydrogen (secondary N) is 1. The van der Waals surface area contributed by atoms with Gasteiger partial charge in [-0.25, -0.2) is 28.1 Å². The Balaban J connectivity index is 1.50. The van der Waals surface area contributed by atoms with Crippen LogP contribution in [0.3, 0.4) is 0 Å². The van der Waals surface area contributed by atoms with Crippen molar-refractivity contribution in [2.75, 3.05) is 30.3 Å². The first-order valence-electron chi connectivity index (χ1n) is 18.2. The van der Waals surface area contributed by atoms with Crippen molar-refractivity contribution in [2.45, 2.75) is 97.0 Å². The molecular weight excluding hydrogens is 675 g/mol. The fraction of sp³-hybridized carbons (Fsp3) is 0.475. The molecule has 12 heteroatoms. The number of nitrogens with zero attached hydrogens (tertiary/aromatic N) is 6. The lowest BCUT2D eigenvalue weighted by molar-refractivity contribution is 0.0504. The summed E-state index contributed by atoms with van der Waals surface area (Å²) in [6.07, 6.45) is 9.34. The van der Waals surface area contributed by atoms with Gasteiger partial charge in [0.05, 0.1) is 23.2 Å². The second-order valence-corrected chi connectivity index (χ2v) is 17.3. The number of carbonyl (C=O) groups excluding carboxylic acids is 1. The smallest absolute Gasteiger partial charge is 0.264 e. The Morgan fingerprint density at radius 3 is 2.46 bits per heavy atom. The molecule has 52 heavy (non-hydrogen) atoms. The van der Waals surface area contributed by atoms with Crippen molar-refractivity contribution in [1.82, 2.24) is 24.8 Å². The third-order valence-corrected chi connectivity index (χ3v) is 11.3. The van der Waals surface area contributed by atoms with Crippen molar-refractivity contribution in [3.05, 3.63) is 82.8 Å². The number of hydrogen-bond donors (Lipinski definition) is 1. The Hall–Kier alpha value is -4.58. The average molecular weight is 726 g/mol. The van der Waals surface area contributed by atoms with Crippen LogP contribution in [0.25, 0.3) is 11.3 Å². The molecule has 1 amide bonds. The first-order chi connectivity index (χ1) is 24.7. The van der Waals surface area contributed by atoms with Crippen LogP contribution < -0.4 is 14.4 Å². The van der Waals surface area contributed by atoms with Gasteiger partial charge >= 0.3 is 0 Å². The topological polar surface area (TPSA) is 131 Å². The molecule has 2 aromatic heterocycles. The van der Waals surface area contributed by atoms with Crippen LogP contribution in [-0.4, -0.2) is 65.9 Å². The zero-order chi connectivity index (χ0) is 37.2. The molecule has 11 nitrogen and oxygen atoms in total. The summed E-state index contributed by atoms with van der Waals surface area (Å²) in [6.45, 7) is 10.5. The summed E-state index contributed by atoms with van der Waals surface area (Å²) in [6, 6.07) is 13.7. The van der Waals surface area contributed by atoms with Gasteiger partial charge in [-0.2, -0.15) is 4.98 Å². The van der Waals surface area contributed by atoms with Crippen molar-refractivity contribution < 1.29 is 17.9 Å². The maximum Gasteiger partial charge on any atom is 0.264 e. The highest BCUT2D eigenvalue weighted by atomic mass is 32.2. The number of fused-ring (bicyclic) bond motifs is 4. The van der Waals surface area contributed by atoms with Crippen LogP contribution in [0.2, 0.25) is 0 Å². The van der Waals surface area contributed by atoms with E-state index in [0.717, 1.165) is 17.5 Å². The zero-order valence-electron chi connectivity index (χ0n) is 31.4. The molecule has 3 heterocycles. The fourth-order valence-electron chi connectivity index (χ4n) is 7.38. The highest BCUT2D eigenvalue weighted by molar-refractivity contribution is 7.92. The van der Waals surface area contributed by atoms with Crippen molar-refractivity contribution in [1.29, 1.82) is 0 Å². The molecule has 0 radical (unpaired) electrons. The van der Waals surface area contributed by atoms with Gasteiger partial charge in [-0.15, -0.1) is 0 Å². The molecule has 1 aliphatic heterocycles. The van der Waals surface area contributed by atoms with Crippen molar-refractivity contribution in [2.24, 2.45) is 11.3 Å². The quantitative estimate of drug-likeness (QED) is 0.207. The van der Waals surface area contributed by atoms with Gasteiger partial charge in [0, 0.05) is 37.0 Å². The summed E-state index contributed by atoms with van der Waals surface area (Å²) in [7, 11) is -0.406. The Morgan fingerprint density at radius 1 is 0.981 bits per heavy atom. The maximum atomic E-state index is 14.5. The molecule has 4 bridgehead atoms. The second-order valence-electron chi connectivity index (χ2n) is 15.7. The molecule has 1 N–H and O–H groups in total. The Labute approximate surface area is 308 Å². The van der Waals surface area contributed by atoms with E-state index in [1.54, 1.807) is 23.2 Å². The third kappa shape index (κ3) is 8.54. The van der Waals surface area contributed by atoms with Gasteiger partial charge in [0.15, 0.2) is 0 Å².